The van der Waals surface area contributed by atoms with Gasteiger partial charge in [-0.05, 0) is 30.5 Å². The predicted octanol–water partition coefficient (Wildman–Crippen LogP) is 1.62. The summed E-state index contributed by atoms with van der Waals surface area (Å²) in [5.74, 6) is 0. The van der Waals surface area contributed by atoms with Crippen molar-refractivity contribution < 1.29 is 9.47 Å². The highest BCUT2D eigenvalue weighted by Gasteiger charge is 2.46. The minimum Gasteiger partial charge on any atom is -0.379 e. The van der Waals surface area contributed by atoms with E-state index in [4.69, 9.17) is 14.7 Å². The molecule has 3 heterocycles. The van der Waals surface area contributed by atoms with Gasteiger partial charge in [-0.2, -0.15) is 5.26 Å². The zero-order chi connectivity index (χ0) is 16.4. The number of ether oxygens (including phenoxy) is 2. The quantitative estimate of drug-likeness (QED) is 0.844. The lowest BCUT2D eigenvalue weighted by molar-refractivity contribution is -0.0593. The van der Waals surface area contributed by atoms with Gasteiger partial charge in [0.25, 0.3) is 0 Å². The second kappa shape index (κ2) is 7.20. The van der Waals surface area contributed by atoms with Crippen LogP contribution in [0.4, 0.5) is 0 Å². The molecule has 1 aromatic rings. The first-order valence-corrected chi connectivity index (χ1v) is 9.01. The minimum atomic E-state index is 0.316. The van der Waals surface area contributed by atoms with E-state index in [1.807, 2.05) is 18.2 Å². The largest absolute Gasteiger partial charge is 0.379 e. The summed E-state index contributed by atoms with van der Waals surface area (Å²) in [7, 11) is 0. The molecule has 128 valence electrons. The molecule has 0 amide bonds. The van der Waals surface area contributed by atoms with Crippen molar-refractivity contribution in [3.05, 3.63) is 35.4 Å². The van der Waals surface area contributed by atoms with E-state index in [9.17, 15) is 0 Å². The maximum absolute atomic E-state index is 9.12. The average Bonchev–Trinajstić information content (AvgIpc) is 3.01. The van der Waals surface area contributed by atoms with Gasteiger partial charge in [0.1, 0.15) is 0 Å². The smallest absolute Gasteiger partial charge is 0.0991 e. The molecule has 1 aromatic carbocycles. The highest BCUT2D eigenvalue weighted by molar-refractivity contribution is 5.32. The molecule has 0 radical (unpaired) electrons. The number of fused-ring (bicyclic) bond motifs is 1. The van der Waals surface area contributed by atoms with Crippen molar-refractivity contribution in [2.45, 2.75) is 37.6 Å². The fourth-order valence-electron chi connectivity index (χ4n) is 4.41. The Hall–Kier alpha value is -1.45. The lowest BCUT2D eigenvalue weighted by Crippen LogP contribution is -2.51. The van der Waals surface area contributed by atoms with Crippen LogP contribution < -0.4 is 0 Å². The van der Waals surface area contributed by atoms with E-state index in [2.05, 4.69) is 21.9 Å². The molecule has 5 heteroatoms. The summed E-state index contributed by atoms with van der Waals surface area (Å²) >= 11 is 0. The van der Waals surface area contributed by atoms with Crippen molar-refractivity contribution in [1.29, 1.82) is 5.26 Å². The predicted molar refractivity (Wildman–Crippen MR) is 90.5 cm³/mol. The third-order valence-corrected chi connectivity index (χ3v) is 5.56. The van der Waals surface area contributed by atoms with Gasteiger partial charge in [-0.1, -0.05) is 12.1 Å². The summed E-state index contributed by atoms with van der Waals surface area (Å²) in [4.78, 5) is 5.12. The van der Waals surface area contributed by atoms with E-state index < -0.39 is 0 Å². The second-order valence-corrected chi connectivity index (χ2v) is 7.00. The first-order valence-electron chi connectivity index (χ1n) is 9.01. The van der Waals surface area contributed by atoms with Gasteiger partial charge in [0.05, 0.1) is 37.0 Å². The molecule has 2 unspecified atom stereocenters. The van der Waals surface area contributed by atoms with Gasteiger partial charge in [0.2, 0.25) is 0 Å². The van der Waals surface area contributed by atoms with Crippen molar-refractivity contribution in [2.75, 3.05) is 39.5 Å². The first kappa shape index (κ1) is 16.0. The normalized spacial score (nSPS) is 31.5. The Bertz CT molecular complexity index is 609. The van der Waals surface area contributed by atoms with Gasteiger partial charge in [-0.25, -0.2) is 0 Å². The van der Waals surface area contributed by atoms with Crippen molar-refractivity contribution in [3.8, 4) is 6.07 Å². The summed E-state index contributed by atoms with van der Waals surface area (Å²) in [6.07, 6.45) is 2.67. The van der Waals surface area contributed by atoms with Crippen LogP contribution in [-0.4, -0.2) is 67.4 Å². The molecule has 5 nitrogen and oxygen atoms in total. The molecule has 3 aliphatic rings. The summed E-state index contributed by atoms with van der Waals surface area (Å²) in [6, 6.07) is 11.2. The van der Waals surface area contributed by atoms with Crippen LogP contribution in [-0.2, 0) is 16.0 Å². The highest BCUT2D eigenvalue weighted by atomic mass is 16.5. The van der Waals surface area contributed by atoms with E-state index in [0.717, 1.165) is 58.0 Å². The zero-order valence-corrected chi connectivity index (χ0v) is 14.1. The number of nitrogens with zero attached hydrogens (tertiary/aromatic N) is 3. The summed E-state index contributed by atoms with van der Waals surface area (Å²) in [6.45, 7) is 6.52. The molecule has 0 bridgehead atoms. The zero-order valence-electron chi connectivity index (χ0n) is 14.1. The number of nitriles is 1. The number of morpholine rings is 1. The number of hydrogen-bond donors (Lipinski definition) is 0. The van der Waals surface area contributed by atoms with Gasteiger partial charge in [-0.15, -0.1) is 0 Å². The molecule has 0 aromatic heterocycles. The Morgan fingerprint density at radius 1 is 1.17 bits per heavy atom. The molecule has 24 heavy (non-hydrogen) atoms. The van der Waals surface area contributed by atoms with Gasteiger partial charge < -0.3 is 9.47 Å². The van der Waals surface area contributed by atoms with E-state index >= 15 is 0 Å². The molecular formula is C19H25N3O2. The maximum atomic E-state index is 9.12. The second-order valence-electron chi connectivity index (χ2n) is 7.00. The Morgan fingerprint density at radius 3 is 2.88 bits per heavy atom. The van der Waals surface area contributed by atoms with Crippen LogP contribution in [0.3, 0.4) is 0 Å². The van der Waals surface area contributed by atoms with E-state index in [0.29, 0.717) is 18.2 Å². The molecule has 3 atom stereocenters. The molecule has 0 spiro atoms. The summed E-state index contributed by atoms with van der Waals surface area (Å²) in [5.41, 5.74) is 1.97. The van der Waals surface area contributed by atoms with Gasteiger partial charge in [0.15, 0.2) is 0 Å². The molecule has 3 saturated heterocycles. The molecule has 4 rings (SSSR count). The minimum absolute atomic E-state index is 0.316. The monoisotopic (exact) mass is 327 g/mol. The Kier molecular flexibility index (Phi) is 4.81. The molecule has 3 fully saturated rings. The fraction of sp³-hybridized carbons (Fsp3) is 0.632. The molecule has 0 aliphatic carbocycles. The van der Waals surface area contributed by atoms with Gasteiger partial charge in [0, 0.05) is 38.8 Å². The van der Waals surface area contributed by atoms with Crippen LogP contribution in [0.25, 0.3) is 0 Å². The first-order chi connectivity index (χ1) is 11.8. The van der Waals surface area contributed by atoms with Crippen molar-refractivity contribution in [3.63, 3.8) is 0 Å². The lowest BCUT2D eigenvalue weighted by Gasteiger charge is -2.37. The third-order valence-electron chi connectivity index (χ3n) is 5.56. The van der Waals surface area contributed by atoms with E-state index in [1.165, 1.54) is 12.0 Å². The van der Waals surface area contributed by atoms with Crippen LogP contribution in [0.2, 0.25) is 0 Å². The van der Waals surface area contributed by atoms with E-state index in [1.54, 1.807) is 0 Å². The topological polar surface area (TPSA) is 48.7 Å². The van der Waals surface area contributed by atoms with Crippen LogP contribution in [0, 0.1) is 11.3 Å². The van der Waals surface area contributed by atoms with Crippen LogP contribution in [0.1, 0.15) is 24.0 Å². The summed E-state index contributed by atoms with van der Waals surface area (Å²) < 4.78 is 11.7. The third kappa shape index (κ3) is 3.20. The molecule has 0 saturated carbocycles. The highest BCUT2D eigenvalue weighted by Crippen LogP contribution is 2.33. The SMILES string of the molecule is N#Cc1cccc(CN2C[C@H](N3CCOCC3)C3OCCCC32)c1. The average molecular weight is 327 g/mol. The Balaban J connectivity index is 1.51. The van der Waals surface area contributed by atoms with Gasteiger partial charge >= 0.3 is 0 Å². The summed E-state index contributed by atoms with van der Waals surface area (Å²) in [5, 5.41) is 9.12. The fourth-order valence-corrected chi connectivity index (χ4v) is 4.41. The molecule has 3 aliphatic heterocycles. The van der Waals surface area contributed by atoms with E-state index in [-0.39, 0.29) is 0 Å². The number of benzene rings is 1. The lowest BCUT2D eigenvalue weighted by atomic mass is 9.99. The van der Waals surface area contributed by atoms with Crippen LogP contribution >= 0.6 is 0 Å². The standard InChI is InChI=1S/C19H25N3O2/c20-12-15-3-1-4-16(11-15)13-22-14-18(21-6-9-23-10-7-21)19-17(22)5-2-8-24-19/h1,3-4,11,17-19H,2,5-10,13-14H2/t17?,18-,19?/m0/s1. The Morgan fingerprint density at radius 2 is 2.04 bits per heavy atom. The van der Waals surface area contributed by atoms with Crippen LogP contribution in [0.15, 0.2) is 24.3 Å². The molecule has 0 N–H and O–H groups in total. The number of hydrogen-bond acceptors (Lipinski definition) is 5. The van der Waals surface area contributed by atoms with Crippen molar-refractivity contribution in [2.24, 2.45) is 0 Å². The van der Waals surface area contributed by atoms with Crippen molar-refractivity contribution >= 4 is 0 Å². The maximum Gasteiger partial charge on any atom is 0.0991 e. The van der Waals surface area contributed by atoms with Crippen molar-refractivity contribution in [1.82, 2.24) is 9.80 Å². The Labute approximate surface area is 143 Å². The molecular weight excluding hydrogens is 302 g/mol. The number of rotatable bonds is 3. The number of likely N-dealkylation sites (tertiary alicyclic amines) is 1. The van der Waals surface area contributed by atoms with Crippen LogP contribution in [0.5, 0.6) is 0 Å². The van der Waals surface area contributed by atoms with Gasteiger partial charge in [-0.3, -0.25) is 9.80 Å².